The summed E-state index contributed by atoms with van der Waals surface area (Å²) in [5.41, 5.74) is 7.94. The molecule has 0 spiro atoms. The van der Waals surface area contributed by atoms with Gasteiger partial charge in [0.1, 0.15) is 18.5 Å². The topological polar surface area (TPSA) is 64.8 Å². The Labute approximate surface area is 154 Å². The van der Waals surface area contributed by atoms with Gasteiger partial charge < -0.3 is 20.1 Å². The fraction of sp³-hybridized carbons (Fsp3) is 0.316. The Morgan fingerprint density at radius 1 is 1.24 bits per heavy atom. The minimum Gasteiger partial charge on any atom is -0.489 e. The van der Waals surface area contributed by atoms with Crippen molar-refractivity contribution in [3.63, 3.8) is 0 Å². The quantitative estimate of drug-likeness (QED) is 0.908. The average molecular weight is 363 g/mol. The lowest BCUT2D eigenvalue weighted by molar-refractivity contribution is -0.119. The molecule has 1 heterocycles. The van der Waals surface area contributed by atoms with Gasteiger partial charge in [-0.1, -0.05) is 42.5 Å². The number of benzene rings is 2. The largest absolute Gasteiger partial charge is 0.489 e. The van der Waals surface area contributed by atoms with E-state index < -0.39 is 0 Å². The van der Waals surface area contributed by atoms with Crippen molar-refractivity contribution in [2.24, 2.45) is 5.73 Å². The Hall–Kier alpha value is -2.08. The normalized spacial score (nSPS) is 17.5. The molecule has 1 aliphatic rings. The van der Waals surface area contributed by atoms with E-state index in [1.54, 1.807) is 12.0 Å². The molecule has 0 radical (unpaired) electrons. The fourth-order valence-corrected chi connectivity index (χ4v) is 2.83. The van der Waals surface area contributed by atoms with Gasteiger partial charge in [-0.05, 0) is 17.7 Å². The van der Waals surface area contributed by atoms with Crippen molar-refractivity contribution in [1.82, 2.24) is 0 Å². The van der Waals surface area contributed by atoms with Crippen LogP contribution in [0.5, 0.6) is 5.75 Å². The first-order chi connectivity index (χ1) is 11.7. The summed E-state index contributed by atoms with van der Waals surface area (Å²) in [6.45, 7) is 0.871. The maximum Gasteiger partial charge on any atom is 0.229 e. The molecule has 5 nitrogen and oxygen atoms in total. The summed E-state index contributed by atoms with van der Waals surface area (Å²) in [6.07, 6.45) is 0.0590. The first kappa shape index (κ1) is 19.2. The van der Waals surface area contributed by atoms with Gasteiger partial charge in [-0.3, -0.25) is 4.79 Å². The molecule has 2 aromatic carbocycles. The summed E-state index contributed by atoms with van der Waals surface area (Å²) in [4.78, 5) is 14.6. The van der Waals surface area contributed by atoms with Gasteiger partial charge >= 0.3 is 0 Å². The average Bonchev–Trinajstić information content (AvgIpc) is 2.82. The number of nitrogens with zero attached hydrogens (tertiary/aromatic N) is 1. The summed E-state index contributed by atoms with van der Waals surface area (Å²) in [5.74, 6) is 0.657. The lowest BCUT2D eigenvalue weighted by Crippen LogP contribution is -2.39. The summed E-state index contributed by atoms with van der Waals surface area (Å²) < 4.78 is 11.2. The molecule has 6 heteroatoms. The van der Waals surface area contributed by atoms with E-state index in [9.17, 15) is 4.79 Å². The van der Waals surface area contributed by atoms with Crippen molar-refractivity contribution >= 4 is 24.0 Å². The lowest BCUT2D eigenvalue weighted by atomic mass is 10.0. The third-order valence-electron chi connectivity index (χ3n) is 4.22. The molecule has 0 aliphatic carbocycles. The first-order valence-corrected chi connectivity index (χ1v) is 8.04. The number of methoxy groups -OCH3 is 1. The van der Waals surface area contributed by atoms with Crippen LogP contribution in [0, 0.1) is 0 Å². The summed E-state index contributed by atoms with van der Waals surface area (Å²) in [7, 11) is 1.63. The maximum atomic E-state index is 12.9. The SMILES string of the molecule is COC1COc2ccccc2N(C(=O)C[C@H](N)c2ccccc2)C1.Cl. The highest BCUT2D eigenvalue weighted by atomic mass is 35.5. The molecule has 2 atom stereocenters. The van der Waals surface area contributed by atoms with E-state index in [4.69, 9.17) is 15.2 Å². The highest BCUT2D eigenvalue weighted by Gasteiger charge is 2.28. The van der Waals surface area contributed by atoms with E-state index in [0.717, 1.165) is 11.3 Å². The Morgan fingerprint density at radius 2 is 1.92 bits per heavy atom. The van der Waals surface area contributed by atoms with E-state index in [-0.39, 0.29) is 36.9 Å². The van der Waals surface area contributed by atoms with E-state index in [0.29, 0.717) is 18.9 Å². The van der Waals surface area contributed by atoms with Gasteiger partial charge in [-0.2, -0.15) is 0 Å². The zero-order valence-corrected chi connectivity index (χ0v) is 14.9. The predicted molar refractivity (Wildman–Crippen MR) is 100 cm³/mol. The fourth-order valence-electron chi connectivity index (χ4n) is 2.83. The van der Waals surface area contributed by atoms with Crippen LogP contribution in [-0.2, 0) is 9.53 Å². The van der Waals surface area contributed by atoms with Crippen LogP contribution >= 0.6 is 12.4 Å². The van der Waals surface area contributed by atoms with Crippen LogP contribution in [0.1, 0.15) is 18.0 Å². The number of amides is 1. The molecule has 1 amide bonds. The number of fused-ring (bicyclic) bond motifs is 1. The standard InChI is InChI=1S/C19H22N2O3.ClH/c1-23-15-12-21(17-9-5-6-10-18(17)24-13-15)19(22)11-16(20)14-7-3-2-4-8-14;/h2-10,15-16H,11-13,20H2,1H3;1H/t15?,16-;/m0./s1. The highest BCUT2D eigenvalue weighted by Crippen LogP contribution is 2.32. The van der Waals surface area contributed by atoms with Crippen LogP contribution in [0.4, 0.5) is 5.69 Å². The molecule has 0 saturated carbocycles. The van der Waals surface area contributed by atoms with Crippen LogP contribution in [0.2, 0.25) is 0 Å². The molecule has 1 unspecified atom stereocenters. The van der Waals surface area contributed by atoms with Crippen molar-refractivity contribution in [2.75, 3.05) is 25.2 Å². The second kappa shape index (κ2) is 8.85. The second-order valence-electron chi connectivity index (χ2n) is 5.86. The smallest absolute Gasteiger partial charge is 0.229 e. The molecule has 2 N–H and O–H groups in total. The van der Waals surface area contributed by atoms with Crippen molar-refractivity contribution in [2.45, 2.75) is 18.6 Å². The zero-order valence-electron chi connectivity index (χ0n) is 14.1. The first-order valence-electron chi connectivity index (χ1n) is 8.04. The minimum absolute atomic E-state index is 0. The van der Waals surface area contributed by atoms with Crippen molar-refractivity contribution in [1.29, 1.82) is 0 Å². The molecule has 0 saturated heterocycles. The number of carbonyl (C=O) groups excluding carboxylic acids is 1. The molecular formula is C19H23ClN2O3. The summed E-state index contributed by atoms with van der Waals surface area (Å²) in [6, 6.07) is 16.9. The molecule has 1 aliphatic heterocycles. The van der Waals surface area contributed by atoms with Gasteiger partial charge in [0, 0.05) is 19.6 Å². The molecule has 0 fully saturated rings. The van der Waals surface area contributed by atoms with Gasteiger partial charge in [0.05, 0.1) is 12.2 Å². The Kier molecular flexibility index (Phi) is 6.82. The van der Waals surface area contributed by atoms with Gasteiger partial charge in [0.15, 0.2) is 0 Å². The van der Waals surface area contributed by atoms with Gasteiger partial charge in [0.2, 0.25) is 5.91 Å². The molecule has 134 valence electrons. The third kappa shape index (κ3) is 4.51. The number of hydrogen-bond donors (Lipinski definition) is 1. The number of para-hydroxylation sites is 2. The van der Waals surface area contributed by atoms with E-state index in [1.165, 1.54) is 0 Å². The molecule has 0 aromatic heterocycles. The monoisotopic (exact) mass is 362 g/mol. The number of rotatable bonds is 4. The predicted octanol–water partition coefficient (Wildman–Crippen LogP) is 2.94. The van der Waals surface area contributed by atoms with Crippen LogP contribution in [0.25, 0.3) is 0 Å². The minimum atomic E-state index is -0.337. The Bertz CT molecular complexity index is 696. The van der Waals surface area contributed by atoms with Crippen LogP contribution < -0.4 is 15.4 Å². The van der Waals surface area contributed by atoms with Crippen molar-refractivity contribution in [3.8, 4) is 5.75 Å². The second-order valence-corrected chi connectivity index (χ2v) is 5.86. The van der Waals surface area contributed by atoms with Gasteiger partial charge in [-0.15, -0.1) is 12.4 Å². The van der Waals surface area contributed by atoms with E-state index in [1.807, 2.05) is 54.6 Å². The lowest BCUT2D eigenvalue weighted by Gasteiger charge is -2.25. The Morgan fingerprint density at radius 3 is 2.64 bits per heavy atom. The maximum absolute atomic E-state index is 12.9. The van der Waals surface area contributed by atoms with E-state index >= 15 is 0 Å². The third-order valence-corrected chi connectivity index (χ3v) is 4.22. The number of hydrogen-bond acceptors (Lipinski definition) is 4. The Balaban J connectivity index is 0.00000225. The highest BCUT2D eigenvalue weighted by molar-refractivity contribution is 5.95. The number of carbonyl (C=O) groups is 1. The van der Waals surface area contributed by atoms with Gasteiger partial charge in [-0.25, -0.2) is 0 Å². The van der Waals surface area contributed by atoms with Crippen LogP contribution in [-0.4, -0.2) is 32.3 Å². The number of ether oxygens (including phenoxy) is 2. The van der Waals surface area contributed by atoms with E-state index in [2.05, 4.69) is 0 Å². The van der Waals surface area contributed by atoms with Crippen molar-refractivity contribution in [3.05, 3.63) is 60.2 Å². The van der Waals surface area contributed by atoms with Crippen LogP contribution in [0.3, 0.4) is 0 Å². The molecule has 2 aromatic rings. The molecule has 3 rings (SSSR count). The summed E-state index contributed by atoms with van der Waals surface area (Å²) >= 11 is 0. The molecular weight excluding hydrogens is 340 g/mol. The van der Waals surface area contributed by atoms with Crippen LogP contribution in [0.15, 0.2) is 54.6 Å². The summed E-state index contributed by atoms with van der Waals surface area (Å²) in [5, 5.41) is 0. The van der Waals surface area contributed by atoms with Crippen molar-refractivity contribution < 1.29 is 14.3 Å². The molecule has 25 heavy (non-hydrogen) atoms. The number of nitrogens with two attached hydrogens (primary N) is 1. The van der Waals surface area contributed by atoms with Gasteiger partial charge in [0.25, 0.3) is 0 Å². The number of halogens is 1. The number of anilines is 1. The zero-order chi connectivity index (χ0) is 16.9. The molecule has 0 bridgehead atoms.